The molecule has 2 aromatic carbocycles. The van der Waals surface area contributed by atoms with Gasteiger partial charge >= 0.3 is 0 Å². The van der Waals surface area contributed by atoms with Gasteiger partial charge in [-0.25, -0.2) is 0 Å². The molecule has 12 nitrogen and oxygen atoms in total. The van der Waals surface area contributed by atoms with Crippen LogP contribution in [0.4, 0.5) is 11.4 Å². The van der Waals surface area contributed by atoms with E-state index >= 15 is 0 Å². The highest BCUT2D eigenvalue weighted by Gasteiger charge is 2.30. The zero-order valence-electron chi connectivity index (χ0n) is 28.2. The van der Waals surface area contributed by atoms with Gasteiger partial charge in [-0.1, -0.05) is 10.2 Å². The maximum atomic E-state index is 8.51. The fourth-order valence-corrected chi connectivity index (χ4v) is 6.88. The largest absolute Gasteiger partial charge is 1.00 e. The van der Waals surface area contributed by atoms with Gasteiger partial charge in [-0.15, -0.1) is 0 Å². The fourth-order valence-electron chi connectivity index (χ4n) is 6.88. The van der Waals surface area contributed by atoms with Crippen LogP contribution < -0.4 is 43.4 Å². The molecule has 2 saturated heterocycles. The molecule has 0 unspecified atom stereocenters. The SMILES string of the molecule is [Br-].[Br-].[N-]=[N+]=NCCCC[N+]1(CCOc2ccc(N=Nc3ccc(OCC[N+]4(CCCCN=[N+]=[N-])CCCCC4)cc3)cc2)CCCCC1. The van der Waals surface area contributed by atoms with Crippen molar-refractivity contribution in [2.75, 3.05) is 78.7 Å². The normalized spacial score (nSPS) is 16.4. The van der Waals surface area contributed by atoms with Gasteiger partial charge < -0.3 is 52.4 Å². The van der Waals surface area contributed by atoms with Gasteiger partial charge in [0, 0.05) is 22.9 Å². The number of halogens is 2. The molecule has 4 rings (SSSR count). The Morgan fingerprint density at radius 2 is 0.896 bits per heavy atom. The molecule has 2 heterocycles. The number of quaternary nitrogens is 2. The molecule has 0 saturated carbocycles. The number of likely N-dealkylation sites (tertiary alicyclic amines) is 2. The molecule has 0 aliphatic carbocycles. The van der Waals surface area contributed by atoms with Crippen LogP contribution >= 0.6 is 0 Å². The summed E-state index contributed by atoms with van der Waals surface area (Å²) in [5.74, 6) is 1.70. The minimum atomic E-state index is 0. The number of benzene rings is 2. The molecule has 0 aromatic heterocycles. The smallest absolute Gasteiger partial charge is 0.137 e. The Balaban J connectivity index is 0.00000400. The van der Waals surface area contributed by atoms with Crippen molar-refractivity contribution in [3.05, 3.63) is 69.4 Å². The standard InChI is InChI=1S/C34H52N10O2.2BrH/c35-41-37-19-3-9-25-43(21-5-1-6-22-43)27-29-45-33-15-11-31(12-16-33)39-40-32-13-17-34(18-14-32)46-30-28-44(23-7-2-8-24-44)26-10-4-20-38-42-36;;/h11-18H,1-10,19-30H2;2*1H/q+2;;/p-2. The quantitative estimate of drug-likeness (QED) is 0.0669. The van der Waals surface area contributed by atoms with E-state index in [-0.39, 0.29) is 34.0 Å². The lowest BCUT2D eigenvalue weighted by atomic mass is 10.1. The van der Waals surface area contributed by atoms with Crippen molar-refractivity contribution in [2.24, 2.45) is 20.5 Å². The summed E-state index contributed by atoms with van der Waals surface area (Å²) in [5.41, 5.74) is 18.6. The topological polar surface area (TPSA) is 141 Å². The molecule has 14 heteroatoms. The molecular weight excluding hydrogens is 740 g/mol. The van der Waals surface area contributed by atoms with Gasteiger partial charge in [0.15, 0.2) is 0 Å². The van der Waals surface area contributed by atoms with E-state index in [0.717, 1.165) is 83.7 Å². The summed E-state index contributed by atoms with van der Waals surface area (Å²) in [7, 11) is 0. The lowest BCUT2D eigenvalue weighted by Gasteiger charge is -2.41. The molecule has 0 atom stereocenters. The zero-order valence-corrected chi connectivity index (χ0v) is 31.4. The van der Waals surface area contributed by atoms with E-state index in [4.69, 9.17) is 20.5 Å². The van der Waals surface area contributed by atoms with E-state index in [1.54, 1.807) is 0 Å². The van der Waals surface area contributed by atoms with Crippen LogP contribution in [0.5, 0.6) is 11.5 Å². The van der Waals surface area contributed by atoms with Crippen LogP contribution in [-0.4, -0.2) is 87.6 Å². The highest BCUT2D eigenvalue weighted by atomic mass is 79.9. The molecular formula is C34H52Br2N10O2. The number of hydrogen-bond donors (Lipinski definition) is 0. The maximum Gasteiger partial charge on any atom is 0.137 e. The first kappa shape index (κ1) is 41.3. The summed E-state index contributed by atoms with van der Waals surface area (Å²) in [6, 6.07) is 15.6. The minimum Gasteiger partial charge on any atom is -1.00 e. The number of rotatable bonds is 20. The number of hydrogen-bond acceptors (Lipinski definition) is 6. The molecule has 0 radical (unpaired) electrons. The second kappa shape index (κ2) is 23.5. The third kappa shape index (κ3) is 14.7. The van der Waals surface area contributed by atoms with Gasteiger partial charge in [0.1, 0.15) is 37.8 Å². The lowest BCUT2D eigenvalue weighted by Crippen LogP contribution is -3.00. The van der Waals surface area contributed by atoms with Crippen LogP contribution in [-0.2, 0) is 0 Å². The Hall–Kier alpha value is -2.86. The summed E-state index contributed by atoms with van der Waals surface area (Å²) < 4.78 is 14.5. The van der Waals surface area contributed by atoms with Crippen molar-refractivity contribution in [3.8, 4) is 11.5 Å². The van der Waals surface area contributed by atoms with Gasteiger partial charge in [-0.3, -0.25) is 0 Å². The molecule has 0 N–H and O–H groups in total. The van der Waals surface area contributed by atoms with Gasteiger partial charge in [0.2, 0.25) is 0 Å². The van der Waals surface area contributed by atoms with Gasteiger partial charge in [-0.2, -0.15) is 10.2 Å². The fraction of sp³-hybridized carbons (Fsp3) is 0.647. The maximum absolute atomic E-state index is 8.51. The van der Waals surface area contributed by atoms with Crippen LogP contribution in [0, 0.1) is 0 Å². The molecule has 2 aromatic rings. The third-order valence-corrected chi connectivity index (χ3v) is 9.56. The molecule has 0 spiro atoms. The Kier molecular flexibility index (Phi) is 20.2. The average Bonchev–Trinajstić information content (AvgIpc) is 3.09. The molecule has 264 valence electrons. The van der Waals surface area contributed by atoms with Crippen molar-refractivity contribution in [1.82, 2.24) is 0 Å². The van der Waals surface area contributed by atoms with Crippen molar-refractivity contribution in [2.45, 2.75) is 64.2 Å². The molecule has 2 fully saturated rings. The lowest BCUT2D eigenvalue weighted by molar-refractivity contribution is -0.932. The average molecular weight is 793 g/mol. The van der Waals surface area contributed by atoms with Crippen LogP contribution in [0.3, 0.4) is 0 Å². The number of azo groups is 1. The predicted molar refractivity (Wildman–Crippen MR) is 182 cm³/mol. The van der Waals surface area contributed by atoms with E-state index in [0.29, 0.717) is 26.3 Å². The van der Waals surface area contributed by atoms with Crippen LogP contribution in [0.1, 0.15) is 64.2 Å². The summed E-state index contributed by atoms with van der Waals surface area (Å²) in [4.78, 5) is 5.73. The van der Waals surface area contributed by atoms with Crippen LogP contribution in [0.25, 0.3) is 20.9 Å². The monoisotopic (exact) mass is 790 g/mol. The molecule has 48 heavy (non-hydrogen) atoms. The molecule has 2 aliphatic heterocycles. The summed E-state index contributed by atoms with van der Waals surface area (Å²) >= 11 is 0. The predicted octanol–water partition coefficient (Wildman–Crippen LogP) is 3.05. The number of azide groups is 2. The van der Waals surface area contributed by atoms with Gasteiger partial charge in [-0.05, 0) is 124 Å². The van der Waals surface area contributed by atoms with Gasteiger partial charge in [0.05, 0.1) is 50.6 Å². The number of unbranched alkanes of at least 4 members (excludes halogenated alkanes) is 2. The Morgan fingerprint density at radius 3 is 1.25 bits per heavy atom. The van der Waals surface area contributed by atoms with Crippen molar-refractivity contribution in [1.29, 1.82) is 0 Å². The van der Waals surface area contributed by atoms with E-state index in [2.05, 4.69) is 30.3 Å². The second-order valence-corrected chi connectivity index (χ2v) is 12.8. The van der Waals surface area contributed by atoms with Crippen molar-refractivity contribution < 1.29 is 52.4 Å². The third-order valence-electron chi connectivity index (χ3n) is 9.56. The minimum absolute atomic E-state index is 0. The number of nitrogens with zero attached hydrogens (tertiary/aromatic N) is 10. The summed E-state index contributed by atoms with van der Waals surface area (Å²) in [6.07, 6.45) is 11.8. The van der Waals surface area contributed by atoms with E-state index < -0.39 is 0 Å². The number of piperidine rings is 2. The Morgan fingerprint density at radius 1 is 0.521 bits per heavy atom. The van der Waals surface area contributed by atoms with Gasteiger partial charge in [0.25, 0.3) is 0 Å². The van der Waals surface area contributed by atoms with Crippen molar-refractivity contribution in [3.63, 3.8) is 0 Å². The van der Waals surface area contributed by atoms with Crippen molar-refractivity contribution >= 4 is 11.4 Å². The molecule has 0 bridgehead atoms. The summed E-state index contributed by atoms with van der Waals surface area (Å²) in [5, 5.41) is 16.2. The Labute approximate surface area is 306 Å². The first-order valence-corrected chi connectivity index (χ1v) is 17.2. The second-order valence-electron chi connectivity index (χ2n) is 12.8. The van der Waals surface area contributed by atoms with Crippen LogP contribution in [0.15, 0.2) is 69.0 Å². The van der Waals surface area contributed by atoms with E-state index in [1.165, 1.54) is 64.7 Å². The van der Waals surface area contributed by atoms with Crippen LogP contribution in [0.2, 0.25) is 0 Å². The molecule has 0 amide bonds. The first-order valence-electron chi connectivity index (χ1n) is 17.2. The van der Waals surface area contributed by atoms with E-state index in [1.807, 2.05) is 48.5 Å². The summed E-state index contributed by atoms with van der Waals surface area (Å²) in [6.45, 7) is 11.6. The Bertz CT molecular complexity index is 1190. The highest BCUT2D eigenvalue weighted by Crippen LogP contribution is 2.25. The first-order chi connectivity index (χ1) is 22.6. The number of ether oxygens (including phenoxy) is 2. The highest BCUT2D eigenvalue weighted by molar-refractivity contribution is 5.44. The van der Waals surface area contributed by atoms with E-state index in [9.17, 15) is 0 Å². The zero-order chi connectivity index (χ0) is 32.2. The molecule has 2 aliphatic rings.